The predicted octanol–water partition coefficient (Wildman–Crippen LogP) is 4.75. The lowest BCUT2D eigenvalue weighted by atomic mass is 10.1. The molecule has 0 unspecified atom stereocenters. The Morgan fingerprint density at radius 2 is 1.88 bits per heavy atom. The molecule has 0 bridgehead atoms. The van der Waals surface area contributed by atoms with Gasteiger partial charge in [-0.25, -0.2) is 9.37 Å². The van der Waals surface area contributed by atoms with Crippen LogP contribution in [0.1, 0.15) is 0 Å². The predicted molar refractivity (Wildman–Crippen MR) is 136 cm³/mol. The Morgan fingerprint density at radius 3 is 2.68 bits per heavy atom. The van der Waals surface area contributed by atoms with Gasteiger partial charge in [0.05, 0.1) is 17.9 Å². The monoisotopic (exact) mass is 501 g/mol. The first-order valence-corrected chi connectivity index (χ1v) is 11.8. The molecule has 1 aliphatic heterocycles. The second-order valence-electron chi connectivity index (χ2n) is 7.88. The highest BCUT2D eigenvalue weighted by atomic mass is 35.5. The number of thiazole rings is 1. The minimum atomic E-state index is -0.386. The maximum absolute atomic E-state index is 14.2. The third-order valence-electron chi connectivity index (χ3n) is 5.72. The van der Waals surface area contributed by atoms with Crippen molar-refractivity contribution in [2.75, 3.05) is 50.9 Å². The lowest BCUT2D eigenvalue weighted by molar-refractivity contribution is -0.120. The van der Waals surface area contributed by atoms with Gasteiger partial charge in [0.25, 0.3) is 5.91 Å². The lowest BCUT2D eigenvalue weighted by Gasteiger charge is -2.29. The number of para-hydroxylation sites is 1. The summed E-state index contributed by atoms with van der Waals surface area (Å²) >= 11 is 1.31. The molecule has 0 N–H and O–H groups in total. The zero-order valence-corrected chi connectivity index (χ0v) is 20.1. The number of amides is 1. The molecule has 1 fully saturated rings. The fraction of sp³-hybridized carbons (Fsp3) is 0.280. The van der Waals surface area contributed by atoms with Crippen molar-refractivity contribution in [3.63, 3.8) is 0 Å². The van der Waals surface area contributed by atoms with Crippen LogP contribution in [0.5, 0.6) is 5.75 Å². The average molecular weight is 502 g/mol. The number of rotatable bonds is 7. The summed E-state index contributed by atoms with van der Waals surface area (Å²) in [5.41, 5.74) is 0.289. The Bertz CT molecular complexity index is 1280. The van der Waals surface area contributed by atoms with Crippen molar-refractivity contribution in [3.05, 3.63) is 66.5 Å². The Morgan fingerprint density at radius 1 is 1.09 bits per heavy atom. The van der Waals surface area contributed by atoms with Crippen molar-refractivity contribution in [3.8, 4) is 5.75 Å². The number of carbonyl (C=O) groups is 1. The van der Waals surface area contributed by atoms with E-state index < -0.39 is 0 Å². The molecule has 2 heterocycles. The van der Waals surface area contributed by atoms with Crippen molar-refractivity contribution in [2.24, 2.45) is 0 Å². The quantitative estimate of drug-likeness (QED) is 0.365. The minimum absolute atomic E-state index is 0. The van der Waals surface area contributed by atoms with Crippen molar-refractivity contribution in [1.82, 2.24) is 9.88 Å². The van der Waals surface area contributed by atoms with Gasteiger partial charge in [-0.05, 0) is 35.0 Å². The number of hydrogen-bond acceptors (Lipinski definition) is 6. The van der Waals surface area contributed by atoms with Crippen LogP contribution < -0.4 is 9.64 Å². The molecule has 1 amide bonds. The van der Waals surface area contributed by atoms with Gasteiger partial charge in [-0.1, -0.05) is 47.7 Å². The lowest BCUT2D eigenvalue weighted by Crippen LogP contribution is -2.44. The Hall–Kier alpha value is -2.78. The van der Waals surface area contributed by atoms with Crippen LogP contribution in [0.15, 0.2) is 60.7 Å². The van der Waals surface area contributed by atoms with Gasteiger partial charge in [0.2, 0.25) is 0 Å². The molecule has 0 saturated carbocycles. The van der Waals surface area contributed by atoms with E-state index in [2.05, 4.69) is 9.88 Å². The van der Waals surface area contributed by atoms with Crippen LogP contribution in [-0.2, 0) is 9.53 Å². The van der Waals surface area contributed by atoms with Crippen molar-refractivity contribution < 1.29 is 18.7 Å². The maximum Gasteiger partial charge on any atom is 0.266 e. The first-order chi connectivity index (χ1) is 16.2. The van der Waals surface area contributed by atoms with Crippen molar-refractivity contribution in [2.45, 2.75) is 0 Å². The molecule has 0 spiro atoms. The van der Waals surface area contributed by atoms with Crippen molar-refractivity contribution >= 4 is 55.8 Å². The van der Waals surface area contributed by atoms with Gasteiger partial charge < -0.3 is 9.47 Å². The summed E-state index contributed by atoms with van der Waals surface area (Å²) in [6.07, 6.45) is 0. The van der Waals surface area contributed by atoms with Crippen LogP contribution in [0.4, 0.5) is 9.52 Å². The molecule has 4 aromatic rings. The summed E-state index contributed by atoms with van der Waals surface area (Å²) < 4.78 is 26.2. The van der Waals surface area contributed by atoms with Crippen LogP contribution in [0.3, 0.4) is 0 Å². The van der Waals surface area contributed by atoms with Crippen LogP contribution >= 0.6 is 23.7 Å². The fourth-order valence-electron chi connectivity index (χ4n) is 3.89. The van der Waals surface area contributed by atoms with E-state index in [4.69, 9.17) is 9.47 Å². The number of anilines is 1. The molecule has 1 saturated heterocycles. The van der Waals surface area contributed by atoms with E-state index in [1.54, 1.807) is 11.0 Å². The summed E-state index contributed by atoms with van der Waals surface area (Å²) in [5.74, 6) is 0.0318. The highest BCUT2D eigenvalue weighted by Gasteiger charge is 2.23. The standard InChI is InChI=1S/C25H24FN3O3S.ClH/c26-21-6-3-7-22-24(21)27-25(33-22)29(11-10-28-12-14-31-15-13-28)23(30)17-32-20-9-8-18-4-1-2-5-19(18)16-20;/h1-9,16H,10-15,17H2;1H. The SMILES string of the molecule is Cl.O=C(COc1ccc2ccccc2c1)N(CCN1CCOCC1)c1nc2c(F)cccc2s1. The number of carbonyl (C=O) groups excluding carboxylic acids is 1. The second kappa shape index (κ2) is 11.1. The summed E-state index contributed by atoms with van der Waals surface area (Å²) in [4.78, 5) is 21.6. The van der Waals surface area contributed by atoms with Gasteiger partial charge in [0.15, 0.2) is 11.7 Å². The van der Waals surface area contributed by atoms with Gasteiger partial charge in [0.1, 0.15) is 17.1 Å². The summed E-state index contributed by atoms with van der Waals surface area (Å²) in [6.45, 7) is 4.02. The topological polar surface area (TPSA) is 54.9 Å². The molecule has 34 heavy (non-hydrogen) atoms. The Labute approximate surface area is 207 Å². The number of aromatic nitrogens is 1. The highest BCUT2D eigenvalue weighted by Crippen LogP contribution is 2.30. The number of nitrogens with zero attached hydrogens (tertiary/aromatic N) is 3. The first kappa shape index (κ1) is 24.3. The largest absolute Gasteiger partial charge is 0.484 e. The highest BCUT2D eigenvalue weighted by molar-refractivity contribution is 7.22. The molecule has 178 valence electrons. The molecular formula is C25H25ClFN3O3S. The van der Waals surface area contributed by atoms with Crippen LogP contribution in [0, 0.1) is 5.82 Å². The number of hydrogen-bond donors (Lipinski definition) is 0. The van der Waals surface area contributed by atoms with E-state index >= 15 is 0 Å². The zero-order chi connectivity index (χ0) is 22.6. The van der Waals surface area contributed by atoms with Crippen LogP contribution in [-0.4, -0.2) is 61.8 Å². The third-order valence-corrected chi connectivity index (χ3v) is 6.76. The molecule has 0 atom stereocenters. The Kier molecular flexibility index (Phi) is 7.95. The molecule has 0 radical (unpaired) electrons. The first-order valence-electron chi connectivity index (χ1n) is 10.9. The molecular weight excluding hydrogens is 477 g/mol. The van der Waals surface area contributed by atoms with E-state index in [-0.39, 0.29) is 36.3 Å². The van der Waals surface area contributed by atoms with Crippen LogP contribution in [0.25, 0.3) is 21.0 Å². The smallest absolute Gasteiger partial charge is 0.266 e. The molecule has 5 rings (SSSR count). The second-order valence-corrected chi connectivity index (χ2v) is 8.89. The zero-order valence-electron chi connectivity index (χ0n) is 18.5. The third kappa shape index (κ3) is 5.47. The number of morpholine rings is 1. The van der Waals surface area contributed by atoms with E-state index in [1.165, 1.54) is 17.4 Å². The van der Waals surface area contributed by atoms with Gasteiger partial charge >= 0.3 is 0 Å². The number of ether oxygens (including phenoxy) is 2. The number of fused-ring (bicyclic) bond motifs is 2. The van der Waals surface area contributed by atoms with Gasteiger partial charge in [-0.15, -0.1) is 12.4 Å². The summed E-state index contributed by atoms with van der Waals surface area (Å²) in [6, 6.07) is 18.6. The summed E-state index contributed by atoms with van der Waals surface area (Å²) in [5, 5.41) is 2.64. The number of benzene rings is 3. The maximum atomic E-state index is 14.2. The molecule has 3 aromatic carbocycles. The average Bonchev–Trinajstić information content (AvgIpc) is 3.29. The minimum Gasteiger partial charge on any atom is -0.484 e. The van der Waals surface area contributed by atoms with E-state index in [1.807, 2.05) is 48.5 Å². The normalized spacial score (nSPS) is 14.1. The van der Waals surface area contributed by atoms with Crippen LogP contribution in [0.2, 0.25) is 0 Å². The summed E-state index contributed by atoms with van der Waals surface area (Å²) in [7, 11) is 0. The molecule has 1 aliphatic rings. The van der Waals surface area contributed by atoms with E-state index in [0.29, 0.717) is 41.9 Å². The Balaban J connectivity index is 0.00000274. The van der Waals surface area contributed by atoms with Gasteiger partial charge in [-0.3, -0.25) is 14.6 Å². The van der Waals surface area contributed by atoms with Gasteiger partial charge in [-0.2, -0.15) is 0 Å². The molecule has 9 heteroatoms. The molecule has 1 aromatic heterocycles. The van der Waals surface area contributed by atoms with E-state index in [0.717, 1.165) is 23.9 Å². The van der Waals surface area contributed by atoms with E-state index in [9.17, 15) is 9.18 Å². The number of halogens is 2. The molecule has 6 nitrogen and oxygen atoms in total. The molecule has 0 aliphatic carbocycles. The van der Waals surface area contributed by atoms with Crippen molar-refractivity contribution in [1.29, 1.82) is 0 Å². The van der Waals surface area contributed by atoms with Gasteiger partial charge in [0, 0.05) is 26.2 Å². The fourth-order valence-corrected chi connectivity index (χ4v) is 4.92.